The van der Waals surface area contributed by atoms with Crippen molar-refractivity contribution in [2.45, 2.75) is 20.3 Å². The molecule has 0 aliphatic rings. The van der Waals surface area contributed by atoms with E-state index in [1.807, 2.05) is 0 Å². The minimum atomic E-state index is 1.10. The van der Waals surface area contributed by atoms with Crippen molar-refractivity contribution in [1.82, 2.24) is 5.32 Å². The van der Waals surface area contributed by atoms with Gasteiger partial charge in [0.2, 0.25) is 0 Å². The van der Waals surface area contributed by atoms with E-state index in [0.29, 0.717) is 0 Å². The molecule has 0 aromatic carbocycles. The van der Waals surface area contributed by atoms with Gasteiger partial charge in [0.25, 0.3) is 0 Å². The highest BCUT2D eigenvalue weighted by atomic mass is 15.3. The van der Waals surface area contributed by atoms with E-state index in [4.69, 9.17) is 0 Å². The third kappa shape index (κ3) is 6.32. The second kappa shape index (κ2) is 5.56. The number of nitrogens with zero attached hydrogens (tertiary/aromatic N) is 1. The Hall–Kier alpha value is -0.0800. The van der Waals surface area contributed by atoms with Crippen molar-refractivity contribution >= 4 is 0 Å². The van der Waals surface area contributed by atoms with Crippen LogP contribution in [0.5, 0.6) is 0 Å². The second-order valence-electron chi connectivity index (χ2n) is 3.68. The molecule has 11 heavy (non-hydrogen) atoms. The summed E-state index contributed by atoms with van der Waals surface area (Å²) in [5.41, 5.74) is 0. The highest BCUT2D eigenvalue weighted by molar-refractivity contribution is 4.42. The fourth-order valence-electron chi connectivity index (χ4n) is 0.967. The van der Waals surface area contributed by atoms with Gasteiger partial charge in [-0.25, -0.2) is 0 Å². The van der Waals surface area contributed by atoms with Crippen molar-refractivity contribution in [3.63, 3.8) is 0 Å². The summed E-state index contributed by atoms with van der Waals surface area (Å²) in [6, 6.07) is 0. The highest BCUT2D eigenvalue weighted by Gasteiger charge is 2.09. The zero-order valence-corrected chi connectivity index (χ0v) is 8.48. The molecule has 0 aliphatic heterocycles. The number of quaternary nitrogens is 1. The van der Waals surface area contributed by atoms with Crippen molar-refractivity contribution in [3.05, 3.63) is 0 Å². The summed E-state index contributed by atoms with van der Waals surface area (Å²) in [5.74, 6) is 0. The van der Waals surface area contributed by atoms with Gasteiger partial charge in [-0.1, -0.05) is 6.92 Å². The van der Waals surface area contributed by atoms with Crippen LogP contribution in [-0.2, 0) is 0 Å². The van der Waals surface area contributed by atoms with Gasteiger partial charge in [-0.2, -0.15) is 0 Å². The molecule has 0 heterocycles. The maximum absolute atomic E-state index is 3.33. The summed E-state index contributed by atoms with van der Waals surface area (Å²) in [5, 5.41) is 3.33. The lowest BCUT2D eigenvalue weighted by Gasteiger charge is -2.28. The molecule has 0 unspecified atom stereocenters. The highest BCUT2D eigenvalue weighted by Crippen LogP contribution is 1.96. The molecule has 0 aromatic rings. The zero-order valence-electron chi connectivity index (χ0n) is 8.48. The minimum absolute atomic E-state index is 1.10. The fraction of sp³-hybridized carbons (Fsp3) is 1.00. The van der Waals surface area contributed by atoms with E-state index >= 15 is 0 Å². The van der Waals surface area contributed by atoms with Gasteiger partial charge in [-0.15, -0.1) is 0 Å². The lowest BCUT2D eigenvalue weighted by molar-refractivity contribution is -0.888. The summed E-state index contributed by atoms with van der Waals surface area (Å²) in [4.78, 5) is 0. The molecule has 2 nitrogen and oxygen atoms in total. The average molecular weight is 159 g/mol. The van der Waals surface area contributed by atoms with E-state index in [1.54, 1.807) is 0 Å². The molecule has 68 valence electrons. The van der Waals surface area contributed by atoms with Gasteiger partial charge in [0.05, 0.1) is 27.2 Å². The Balaban J connectivity index is 3.23. The van der Waals surface area contributed by atoms with Crippen LogP contribution >= 0.6 is 0 Å². The van der Waals surface area contributed by atoms with Crippen LogP contribution < -0.4 is 5.32 Å². The monoisotopic (exact) mass is 159 g/mol. The van der Waals surface area contributed by atoms with Crippen LogP contribution in [0, 0.1) is 0 Å². The average Bonchev–Trinajstić information content (AvgIpc) is 1.99. The molecule has 1 N–H and O–H groups in total. The van der Waals surface area contributed by atoms with Gasteiger partial charge >= 0.3 is 0 Å². The van der Waals surface area contributed by atoms with Gasteiger partial charge in [0.1, 0.15) is 0 Å². The normalized spacial score (nSPS) is 12.0. The Bertz CT molecular complexity index is 89.6. The molecule has 2 heteroatoms. The van der Waals surface area contributed by atoms with Gasteiger partial charge in [-0.3, -0.25) is 0 Å². The lowest BCUT2D eigenvalue weighted by atomic mass is 10.3. The van der Waals surface area contributed by atoms with E-state index in [9.17, 15) is 0 Å². The first-order chi connectivity index (χ1) is 5.12. The topological polar surface area (TPSA) is 12.0 Å². The molecular formula is C9H23N2+. The molecule has 0 radical (unpaired) electrons. The van der Waals surface area contributed by atoms with Crippen LogP contribution in [0.15, 0.2) is 0 Å². The summed E-state index contributed by atoms with van der Waals surface area (Å²) in [7, 11) is 4.57. The Morgan fingerprint density at radius 1 is 1.18 bits per heavy atom. The molecule has 0 aliphatic carbocycles. The Kier molecular flexibility index (Phi) is 5.51. The van der Waals surface area contributed by atoms with Crippen LogP contribution in [-0.4, -0.2) is 44.8 Å². The first kappa shape index (κ1) is 10.9. The molecule has 0 saturated heterocycles. The Morgan fingerprint density at radius 3 is 2.27 bits per heavy atom. The quantitative estimate of drug-likeness (QED) is 0.452. The smallest absolute Gasteiger partial charge is 0.0794 e. The number of hydrogen-bond donors (Lipinski definition) is 1. The third-order valence-corrected chi connectivity index (χ3v) is 2.22. The SMILES string of the molecule is CCNCCC[N+](C)(C)CC. The standard InChI is InChI=1S/C9H23N2/c1-5-10-8-7-9-11(3,4)6-2/h10H,5-9H2,1-4H3/q+1. The zero-order chi connectivity index (χ0) is 8.74. The van der Waals surface area contributed by atoms with Gasteiger partial charge in [0, 0.05) is 13.0 Å². The number of nitrogens with one attached hydrogen (secondary N) is 1. The predicted molar refractivity (Wildman–Crippen MR) is 50.7 cm³/mol. The summed E-state index contributed by atoms with van der Waals surface area (Å²) < 4.78 is 1.14. The Labute approximate surface area is 71.2 Å². The van der Waals surface area contributed by atoms with Crippen molar-refractivity contribution in [1.29, 1.82) is 0 Å². The summed E-state index contributed by atoms with van der Waals surface area (Å²) >= 11 is 0. The van der Waals surface area contributed by atoms with E-state index < -0.39 is 0 Å². The molecular weight excluding hydrogens is 136 g/mol. The van der Waals surface area contributed by atoms with Crippen molar-refractivity contribution in [2.24, 2.45) is 0 Å². The van der Waals surface area contributed by atoms with Gasteiger partial charge in [0.15, 0.2) is 0 Å². The first-order valence-electron chi connectivity index (χ1n) is 4.65. The van der Waals surface area contributed by atoms with Gasteiger partial charge < -0.3 is 9.80 Å². The maximum atomic E-state index is 3.33. The van der Waals surface area contributed by atoms with Crippen LogP contribution in [0.4, 0.5) is 0 Å². The molecule has 0 fully saturated rings. The maximum Gasteiger partial charge on any atom is 0.0794 e. The molecule has 0 atom stereocenters. The Morgan fingerprint density at radius 2 is 1.82 bits per heavy atom. The van der Waals surface area contributed by atoms with Crippen LogP contribution in [0.3, 0.4) is 0 Å². The molecule has 0 aromatic heterocycles. The van der Waals surface area contributed by atoms with E-state index in [0.717, 1.165) is 17.6 Å². The number of rotatable bonds is 6. The molecule has 0 amide bonds. The van der Waals surface area contributed by atoms with Crippen LogP contribution in [0.25, 0.3) is 0 Å². The van der Waals surface area contributed by atoms with E-state index in [2.05, 4.69) is 33.3 Å². The third-order valence-electron chi connectivity index (χ3n) is 2.22. The van der Waals surface area contributed by atoms with Gasteiger partial charge in [-0.05, 0) is 13.5 Å². The van der Waals surface area contributed by atoms with E-state index in [1.165, 1.54) is 19.5 Å². The first-order valence-corrected chi connectivity index (χ1v) is 4.65. The van der Waals surface area contributed by atoms with E-state index in [-0.39, 0.29) is 0 Å². The largest absolute Gasteiger partial charge is 0.329 e. The predicted octanol–water partition coefficient (Wildman–Crippen LogP) is 1.08. The van der Waals surface area contributed by atoms with Crippen molar-refractivity contribution in [2.75, 3.05) is 40.3 Å². The molecule has 0 bridgehead atoms. The van der Waals surface area contributed by atoms with Crippen LogP contribution in [0.2, 0.25) is 0 Å². The second-order valence-corrected chi connectivity index (χ2v) is 3.68. The molecule has 0 rings (SSSR count). The van der Waals surface area contributed by atoms with Crippen LogP contribution in [0.1, 0.15) is 20.3 Å². The van der Waals surface area contributed by atoms with Crippen molar-refractivity contribution in [3.8, 4) is 0 Å². The fourth-order valence-corrected chi connectivity index (χ4v) is 0.967. The number of hydrogen-bond acceptors (Lipinski definition) is 1. The van der Waals surface area contributed by atoms with Crippen molar-refractivity contribution < 1.29 is 4.48 Å². The molecule has 0 spiro atoms. The molecule has 0 saturated carbocycles. The lowest BCUT2D eigenvalue weighted by Crippen LogP contribution is -2.41. The summed E-state index contributed by atoms with van der Waals surface area (Å²) in [6.07, 6.45) is 1.29. The summed E-state index contributed by atoms with van der Waals surface area (Å²) in [6.45, 7) is 9.17. The minimum Gasteiger partial charge on any atom is -0.329 e.